The molecule has 6 nitrogen and oxygen atoms in total. The van der Waals surface area contributed by atoms with Crippen LogP contribution in [0.15, 0.2) is 23.4 Å². The van der Waals surface area contributed by atoms with Crippen molar-refractivity contribution in [3.63, 3.8) is 0 Å². The van der Waals surface area contributed by atoms with Crippen molar-refractivity contribution in [2.24, 2.45) is 11.1 Å². The fourth-order valence-electron chi connectivity index (χ4n) is 2.79. The molecule has 1 fully saturated rings. The highest BCUT2D eigenvalue weighted by molar-refractivity contribution is 6.31. The van der Waals surface area contributed by atoms with Gasteiger partial charge in [-0.1, -0.05) is 16.8 Å². The molecular formula is C18H23ClN2O4. The highest BCUT2D eigenvalue weighted by Gasteiger charge is 2.36. The molecule has 0 radical (unpaired) electrons. The molecule has 2 atom stereocenters. The van der Waals surface area contributed by atoms with Crippen molar-refractivity contribution in [2.75, 3.05) is 7.05 Å². The third-order valence-corrected chi connectivity index (χ3v) is 4.80. The van der Waals surface area contributed by atoms with Crippen molar-refractivity contribution in [3.8, 4) is 0 Å². The van der Waals surface area contributed by atoms with E-state index in [-0.39, 0.29) is 17.7 Å². The summed E-state index contributed by atoms with van der Waals surface area (Å²) in [4.78, 5) is 28.2. The molecule has 0 aliphatic heterocycles. The first kappa shape index (κ1) is 19.2. The molecule has 0 bridgehead atoms. The van der Waals surface area contributed by atoms with Gasteiger partial charge in [0.05, 0.1) is 5.71 Å². The number of rotatable bonds is 6. The van der Waals surface area contributed by atoms with Gasteiger partial charge in [0.15, 0.2) is 0 Å². The fraction of sp³-hybridized carbons (Fsp3) is 0.500. The molecule has 0 aromatic heterocycles. The van der Waals surface area contributed by atoms with Gasteiger partial charge >= 0.3 is 5.97 Å². The van der Waals surface area contributed by atoms with Crippen molar-refractivity contribution in [1.29, 1.82) is 0 Å². The summed E-state index contributed by atoms with van der Waals surface area (Å²) in [6.45, 7) is 4.74. The lowest BCUT2D eigenvalue weighted by molar-refractivity contribution is -0.161. The van der Waals surface area contributed by atoms with Crippen LogP contribution in [-0.2, 0) is 9.63 Å². The summed E-state index contributed by atoms with van der Waals surface area (Å²) < 4.78 is 0. The predicted molar refractivity (Wildman–Crippen MR) is 96.2 cm³/mol. The molecule has 1 aliphatic rings. The van der Waals surface area contributed by atoms with E-state index in [0.29, 0.717) is 10.6 Å². The van der Waals surface area contributed by atoms with Crippen molar-refractivity contribution in [1.82, 2.24) is 5.32 Å². The molecule has 1 aliphatic carbocycles. The van der Waals surface area contributed by atoms with Gasteiger partial charge in [-0.25, -0.2) is 4.79 Å². The molecule has 2 unspecified atom stereocenters. The Morgan fingerprint density at radius 1 is 1.32 bits per heavy atom. The molecule has 1 aromatic carbocycles. The number of halogens is 1. The minimum absolute atomic E-state index is 0.139. The second kappa shape index (κ2) is 7.44. The fourth-order valence-corrected chi connectivity index (χ4v) is 3.04. The molecule has 136 valence electrons. The lowest BCUT2D eigenvalue weighted by atomic mass is 9.68. The van der Waals surface area contributed by atoms with Crippen LogP contribution in [0.4, 0.5) is 0 Å². The number of carboxylic acid groups (broad SMARTS) is 1. The Morgan fingerprint density at radius 3 is 2.52 bits per heavy atom. The second-order valence-electron chi connectivity index (χ2n) is 6.78. The van der Waals surface area contributed by atoms with E-state index in [4.69, 9.17) is 21.5 Å². The van der Waals surface area contributed by atoms with E-state index in [0.717, 1.165) is 24.1 Å². The molecule has 2 N–H and O–H groups in total. The molecule has 1 amide bonds. The number of nitrogens with zero attached hydrogens (tertiary/aromatic N) is 1. The van der Waals surface area contributed by atoms with Crippen molar-refractivity contribution >= 4 is 29.2 Å². The van der Waals surface area contributed by atoms with E-state index in [9.17, 15) is 9.59 Å². The topological polar surface area (TPSA) is 88.0 Å². The van der Waals surface area contributed by atoms with Crippen LogP contribution in [0.1, 0.15) is 55.5 Å². The van der Waals surface area contributed by atoms with E-state index in [2.05, 4.69) is 10.5 Å². The Balaban J connectivity index is 2.18. The van der Waals surface area contributed by atoms with E-state index in [1.807, 2.05) is 19.1 Å². The maximum atomic E-state index is 11.9. The zero-order valence-electron chi connectivity index (χ0n) is 14.8. The summed E-state index contributed by atoms with van der Waals surface area (Å²) in [6.07, 6.45) is 1.88. The van der Waals surface area contributed by atoms with Crippen molar-refractivity contribution in [2.45, 2.75) is 45.1 Å². The Labute approximate surface area is 152 Å². The SMILES string of the molecule is CNC(=O)c1cc(Cl)cc(C2CCC2/C(C)=N/OC(C)(C)C(=O)O)c1. The molecule has 2 rings (SSSR count). The third kappa shape index (κ3) is 4.31. The largest absolute Gasteiger partial charge is 0.478 e. The highest BCUT2D eigenvalue weighted by Crippen LogP contribution is 2.44. The Hall–Kier alpha value is -2.08. The van der Waals surface area contributed by atoms with Gasteiger partial charge in [0, 0.05) is 23.6 Å². The summed E-state index contributed by atoms with van der Waals surface area (Å²) in [5.41, 5.74) is 0.873. The minimum atomic E-state index is -1.37. The quantitative estimate of drug-likeness (QED) is 0.596. The summed E-state index contributed by atoms with van der Waals surface area (Å²) in [7, 11) is 1.58. The third-order valence-electron chi connectivity index (χ3n) is 4.58. The van der Waals surface area contributed by atoms with Crippen molar-refractivity contribution < 1.29 is 19.5 Å². The van der Waals surface area contributed by atoms with Crippen molar-refractivity contribution in [3.05, 3.63) is 34.3 Å². The first-order chi connectivity index (χ1) is 11.7. The molecule has 1 aromatic rings. The van der Waals surface area contributed by atoms with Gasteiger partial charge in [0.2, 0.25) is 5.60 Å². The maximum absolute atomic E-state index is 11.9. The van der Waals surface area contributed by atoms with E-state index in [1.54, 1.807) is 13.1 Å². The molecular weight excluding hydrogens is 344 g/mol. The number of aliphatic carboxylic acids is 1. The number of amides is 1. The van der Waals surface area contributed by atoms with Gasteiger partial charge in [0.1, 0.15) is 0 Å². The molecule has 0 saturated heterocycles. The van der Waals surface area contributed by atoms with Crippen LogP contribution in [0.5, 0.6) is 0 Å². The summed E-state index contributed by atoms with van der Waals surface area (Å²) >= 11 is 6.16. The van der Waals surface area contributed by atoms with Gasteiger partial charge in [-0.05, 0) is 63.3 Å². The number of carbonyl (C=O) groups excluding carboxylic acids is 1. The monoisotopic (exact) mass is 366 g/mol. The zero-order chi connectivity index (χ0) is 18.8. The minimum Gasteiger partial charge on any atom is -0.478 e. The van der Waals surface area contributed by atoms with Gasteiger partial charge < -0.3 is 15.3 Å². The summed E-state index contributed by atoms with van der Waals surface area (Å²) in [5, 5.41) is 16.2. The number of nitrogens with one attached hydrogen (secondary N) is 1. The number of carbonyl (C=O) groups is 2. The van der Waals surface area contributed by atoms with Gasteiger partial charge in [-0.15, -0.1) is 0 Å². The maximum Gasteiger partial charge on any atom is 0.350 e. The number of hydrogen-bond acceptors (Lipinski definition) is 4. The molecule has 0 spiro atoms. The van der Waals surface area contributed by atoms with Crippen LogP contribution in [0, 0.1) is 5.92 Å². The first-order valence-corrected chi connectivity index (χ1v) is 8.52. The first-order valence-electron chi connectivity index (χ1n) is 8.14. The van der Waals surface area contributed by atoms with Crippen LogP contribution < -0.4 is 5.32 Å². The van der Waals surface area contributed by atoms with E-state index >= 15 is 0 Å². The summed E-state index contributed by atoms with van der Waals surface area (Å²) in [5.74, 6) is -0.932. The Kier molecular flexibility index (Phi) is 5.72. The number of carboxylic acids is 1. The molecule has 1 saturated carbocycles. The molecule has 7 heteroatoms. The van der Waals surface area contributed by atoms with Crippen LogP contribution >= 0.6 is 11.6 Å². The van der Waals surface area contributed by atoms with Crippen LogP contribution in [0.2, 0.25) is 5.02 Å². The van der Waals surface area contributed by atoms with E-state index in [1.165, 1.54) is 13.8 Å². The average Bonchev–Trinajstić information content (AvgIpc) is 2.50. The lowest BCUT2D eigenvalue weighted by Gasteiger charge is -2.37. The molecule has 25 heavy (non-hydrogen) atoms. The standard InChI is InChI=1S/C18H23ClN2O4/c1-10(21-25-18(2,3)17(23)24)14-5-6-15(14)11-7-12(16(22)20-4)9-13(19)8-11/h7-9,14-15H,5-6H2,1-4H3,(H,20,22)(H,23,24)/b21-10+. The highest BCUT2D eigenvalue weighted by atomic mass is 35.5. The van der Waals surface area contributed by atoms with Gasteiger partial charge in [-0.3, -0.25) is 4.79 Å². The Morgan fingerprint density at radius 2 is 2.00 bits per heavy atom. The number of benzene rings is 1. The normalized spacial score (nSPS) is 20.6. The Bertz CT molecular complexity index is 715. The van der Waals surface area contributed by atoms with Gasteiger partial charge in [-0.2, -0.15) is 0 Å². The molecule has 0 heterocycles. The van der Waals surface area contributed by atoms with E-state index < -0.39 is 11.6 Å². The van der Waals surface area contributed by atoms with Crippen LogP contribution in [0.25, 0.3) is 0 Å². The smallest absolute Gasteiger partial charge is 0.350 e. The summed E-state index contributed by atoms with van der Waals surface area (Å²) in [6, 6.07) is 5.34. The van der Waals surface area contributed by atoms with Gasteiger partial charge in [0.25, 0.3) is 5.91 Å². The number of oxime groups is 1. The van der Waals surface area contributed by atoms with Crippen LogP contribution in [0.3, 0.4) is 0 Å². The van der Waals surface area contributed by atoms with Crippen LogP contribution in [-0.4, -0.2) is 35.3 Å². The number of hydrogen-bond donors (Lipinski definition) is 2. The second-order valence-corrected chi connectivity index (χ2v) is 7.22. The predicted octanol–water partition coefficient (Wildman–Crippen LogP) is 3.45. The average molecular weight is 367 g/mol. The zero-order valence-corrected chi connectivity index (χ0v) is 15.6. The lowest BCUT2D eigenvalue weighted by Crippen LogP contribution is -2.35.